The molecule has 0 bridgehead atoms. The zero-order valence-electron chi connectivity index (χ0n) is 55.0. The highest BCUT2D eigenvalue weighted by Gasteiger charge is 2.75. The molecular formula is C76H114N2O7. The molecule has 12 rings (SSSR count). The Hall–Kier alpha value is -3.63. The third-order valence-corrected chi connectivity index (χ3v) is 29.8. The van der Waals surface area contributed by atoms with E-state index in [0.29, 0.717) is 59.8 Å². The number of aliphatic hydroxyl groups excluding tert-OH is 2. The highest BCUT2D eigenvalue weighted by molar-refractivity contribution is 5.79. The van der Waals surface area contributed by atoms with Crippen molar-refractivity contribution in [1.29, 1.82) is 0 Å². The normalized spacial score (nSPS) is 47.2. The Bertz CT molecular complexity index is 2790. The molecule has 0 heterocycles. The predicted molar refractivity (Wildman–Crippen MR) is 341 cm³/mol. The number of hydrogen-bond donors (Lipinski definition) is 4. The molecule has 10 aliphatic carbocycles. The van der Waals surface area contributed by atoms with Gasteiger partial charge >= 0.3 is 11.9 Å². The van der Waals surface area contributed by atoms with Crippen LogP contribution in [0.1, 0.15) is 209 Å². The summed E-state index contributed by atoms with van der Waals surface area (Å²) >= 11 is 0. The fourth-order valence-electron chi connectivity index (χ4n) is 25.0. The maximum atomic E-state index is 13.5. The molecule has 85 heavy (non-hydrogen) atoms. The van der Waals surface area contributed by atoms with E-state index in [1.165, 1.54) is 48.0 Å². The number of aldehydes is 1. The molecular weight excluding hydrogens is 1050 g/mol. The highest BCUT2D eigenvalue weighted by Crippen LogP contribution is 2.80. The van der Waals surface area contributed by atoms with E-state index in [2.05, 4.69) is 111 Å². The van der Waals surface area contributed by atoms with Crippen molar-refractivity contribution in [1.82, 2.24) is 5.32 Å². The van der Waals surface area contributed by atoms with Crippen molar-refractivity contribution in [3.63, 3.8) is 0 Å². The zero-order valence-corrected chi connectivity index (χ0v) is 55.0. The van der Waals surface area contributed by atoms with Gasteiger partial charge in [-0.2, -0.15) is 0 Å². The minimum Gasteiger partial charge on any atom is -0.469 e. The third-order valence-electron chi connectivity index (χ3n) is 29.8. The van der Waals surface area contributed by atoms with Crippen molar-refractivity contribution >= 4 is 18.2 Å². The smallest absolute Gasteiger partial charge is 0.312 e. The molecule has 22 atom stereocenters. The van der Waals surface area contributed by atoms with E-state index >= 15 is 0 Å². The fraction of sp³-hybridized carbons (Fsp3) is 0.750. The number of hydrogen-bond acceptors (Lipinski definition) is 9. The van der Waals surface area contributed by atoms with Crippen molar-refractivity contribution in [2.24, 2.45) is 119 Å². The van der Waals surface area contributed by atoms with Gasteiger partial charge < -0.3 is 35.5 Å². The standard InChI is InChI=1S/C38H57NO3.C31H48O4.C7H9N/c1-25(2)27-15-20-38(33(41)42-7)22-21-36(5)28(32(27)38)13-14-30-34(3)18-17-31(40)35(4,29(34)16-19-37(30,36)6)24-39-23-26-11-9-8-10-12-26;1-19(2)20-10-15-31(26(34)35-7)17-16-29(5)21(25(20)31)8-9-23-27(3)13-12-24(33)28(4,18-32)22(27)11-14-30(23,29)6;8-6-7-4-2-1-3-5-7/h8-12,27-32,39-40H,1,13-24H2,2-7H3;18,20-25,33H,1,8-17H2,2-7H3;1-5H,6,8H2/t27-,28?,29?,30?,31-,32?,34-,35-,36+,37+,38?;20-,21?,22?,23?,24-,25?,27-,28-,29+,30+,31?;/m00./s1. The molecule has 10 saturated carbocycles. The average molecular weight is 1170 g/mol. The van der Waals surface area contributed by atoms with Crippen molar-refractivity contribution < 1.29 is 34.1 Å². The monoisotopic (exact) mass is 1170 g/mol. The molecule has 10 unspecified atom stereocenters. The van der Waals surface area contributed by atoms with Crippen LogP contribution in [-0.2, 0) is 36.9 Å². The molecule has 2 aromatic rings. The van der Waals surface area contributed by atoms with Crippen LogP contribution < -0.4 is 11.1 Å². The van der Waals surface area contributed by atoms with Gasteiger partial charge in [-0.25, -0.2) is 0 Å². The van der Waals surface area contributed by atoms with E-state index in [-0.39, 0.29) is 72.7 Å². The van der Waals surface area contributed by atoms with E-state index < -0.39 is 11.5 Å². The molecule has 9 heteroatoms. The fourth-order valence-corrected chi connectivity index (χ4v) is 25.0. The Morgan fingerprint density at radius 3 is 1.40 bits per heavy atom. The number of benzene rings is 2. The lowest BCUT2D eigenvalue weighted by Gasteiger charge is -2.73. The summed E-state index contributed by atoms with van der Waals surface area (Å²) in [7, 11) is 3.16. The van der Waals surface area contributed by atoms with Gasteiger partial charge in [-0.05, 0) is 245 Å². The number of ether oxygens (including phenoxy) is 2. The first kappa shape index (κ1) is 64.4. The summed E-state index contributed by atoms with van der Waals surface area (Å²) in [4.78, 5) is 39.2. The van der Waals surface area contributed by atoms with Crippen LogP contribution in [0.15, 0.2) is 85.0 Å². The number of fused-ring (bicyclic) bond motifs is 14. The molecule has 5 N–H and O–H groups in total. The average Bonchev–Trinajstić information content (AvgIpc) is 2.06. The number of carbonyl (C=O) groups is 3. The van der Waals surface area contributed by atoms with Gasteiger partial charge in [0.2, 0.25) is 0 Å². The molecule has 0 spiro atoms. The van der Waals surface area contributed by atoms with Crippen LogP contribution in [0, 0.1) is 113 Å². The van der Waals surface area contributed by atoms with Gasteiger partial charge in [0.1, 0.15) is 6.29 Å². The largest absolute Gasteiger partial charge is 0.469 e. The van der Waals surface area contributed by atoms with Gasteiger partial charge in [0.25, 0.3) is 0 Å². The third kappa shape index (κ3) is 9.63. The quantitative estimate of drug-likeness (QED) is 0.104. The molecule has 0 saturated heterocycles. The van der Waals surface area contributed by atoms with E-state index in [0.717, 1.165) is 122 Å². The summed E-state index contributed by atoms with van der Waals surface area (Å²) < 4.78 is 11.0. The summed E-state index contributed by atoms with van der Waals surface area (Å²) in [5, 5.41) is 26.2. The number of aliphatic hydroxyl groups is 2. The first-order valence-electron chi connectivity index (χ1n) is 33.9. The first-order chi connectivity index (χ1) is 40.2. The molecule has 470 valence electrons. The van der Waals surface area contributed by atoms with Crippen LogP contribution in [0.5, 0.6) is 0 Å². The van der Waals surface area contributed by atoms with E-state index in [4.69, 9.17) is 15.2 Å². The molecule has 0 aliphatic heterocycles. The Morgan fingerprint density at radius 1 is 0.541 bits per heavy atom. The van der Waals surface area contributed by atoms with E-state index in [1.54, 1.807) is 14.2 Å². The maximum absolute atomic E-state index is 13.5. The number of methoxy groups -OCH3 is 2. The van der Waals surface area contributed by atoms with Crippen LogP contribution in [0.3, 0.4) is 0 Å². The van der Waals surface area contributed by atoms with Crippen LogP contribution in [0.2, 0.25) is 0 Å². The summed E-state index contributed by atoms with van der Waals surface area (Å²) in [5.74, 6) is 4.49. The number of nitrogens with two attached hydrogens (primary N) is 1. The van der Waals surface area contributed by atoms with Gasteiger partial charge in [-0.3, -0.25) is 9.59 Å². The first-order valence-corrected chi connectivity index (χ1v) is 33.9. The minimum atomic E-state index is -0.644. The van der Waals surface area contributed by atoms with Crippen LogP contribution in [0.4, 0.5) is 0 Å². The Morgan fingerprint density at radius 2 is 0.976 bits per heavy atom. The molecule has 10 fully saturated rings. The number of nitrogens with one attached hydrogen (secondary N) is 1. The Balaban J connectivity index is 0.000000169. The second-order valence-electron chi connectivity index (χ2n) is 32.5. The number of rotatable bonds is 10. The molecule has 0 radical (unpaired) electrons. The summed E-state index contributed by atoms with van der Waals surface area (Å²) in [6.45, 7) is 35.4. The lowest BCUT2D eigenvalue weighted by molar-refractivity contribution is -0.250. The van der Waals surface area contributed by atoms with Gasteiger partial charge in [0.15, 0.2) is 0 Å². The van der Waals surface area contributed by atoms with Gasteiger partial charge in [-0.1, -0.05) is 140 Å². The maximum Gasteiger partial charge on any atom is 0.312 e. The molecule has 10 aliphatic rings. The summed E-state index contributed by atoms with van der Waals surface area (Å²) in [5.41, 5.74) is 9.90. The second kappa shape index (κ2) is 23.3. The molecule has 9 nitrogen and oxygen atoms in total. The number of allylic oxidation sites excluding steroid dienone is 2. The SMILES string of the molecule is C=C(C)[C@@H]1CCC2(C(=O)OC)CC[C@]3(C)C(CCC4[C@@]5(C)CC[C@H](O)[C@@](C)(C=O)C5CC[C@]43C)C12.C=C(C)[C@@H]1CCC2(C(=O)OC)CC[C@]3(C)C(CCC4[C@@]5(C)CC[C@H](O)[C@@](C)(CNCc6ccccc6)C5CC[C@]43C)C12.NCc1ccccc1. The van der Waals surface area contributed by atoms with Gasteiger partial charge in [0.05, 0.1) is 42.7 Å². The van der Waals surface area contributed by atoms with Crippen LogP contribution >= 0.6 is 0 Å². The van der Waals surface area contributed by atoms with Crippen molar-refractivity contribution in [2.75, 3.05) is 20.8 Å². The van der Waals surface area contributed by atoms with Crippen molar-refractivity contribution in [3.05, 3.63) is 96.1 Å². The number of carbonyl (C=O) groups excluding carboxylic acids is 3. The summed E-state index contributed by atoms with van der Waals surface area (Å²) in [6.07, 6.45) is 21.4. The predicted octanol–water partition coefficient (Wildman–Crippen LogP) is 15.4. The van der Waals surface area contributed by atoms with Crippen molar-refractivity contribution in [3.8, 4) is 0 Å². The Kier molecular flexibility index (Phi) is 17.7. The van der Waals surface area contributed by atoms with Crippen LogP contribution in [0.25, 0.3) is 0 Å². The van der Waals surface area contributed by atoms with E-state index in [1.807, 2.05) is 37.3 Å². The van der Waals surface area contributed by atoms with E-state index in [9.17, 15) is 24.6 Å². The summed E-state index contributed by atoms with van der Waals surface area (Å²) in [6, 6.07) is 20.6. The molecule has 0 aromatic heterocycles. The van der Waals surface area contributed by atoms with Gasteiger partial charge in [0, 0.05) is 25.0 Å². The lowest BCUT2D eigenvalue weighted by Crippen LogP contribution is -2.68. The Labute approximate surface area is 514 Å². The molecule has 2 aromatic carbocycles. The minimum absolute atomic E-state index is 0.0132. The second-order valence-corrected chi connectivity index (χ2v) is 32.5. The zero-order chi connectivity index (χ0) is 61.6. The lowest BCUT2D eigenvalue weighted by atomic mass is 9.32. The molecule has 0 amide bonds. The number of esters is 2. The highest BCUT2D eigenvalue weighted by atomic mass is 16.5. The van der Waals surface area contributed by atoms with Crippen LogP contribution in [-0.4, -0.2) is 61.4 Å². The van der Waals surface area contributed by atoms with Crippen molar-refractivity contribution in [2.45, 2.75) is 223 Å². The topological polar surface area (TPSA) is 148 Å². The van der Waals surface area contributed by atoms with Gasteiger partial charge in [-0.15, -0.1) is 0 Å².